The zero-order valence-corrected chi connectivity index (χ0v) is 17.5. The van der Waals surface area contributed by atoms with Gasteiger partial charge in [0, 0.05) is 17.7 Å². The molecule has 0 aliphatic rings. The van der Waals surface area contributed by atoms with E-state index in [2.05, 4.69) is 22.5 Å². The molecule has 2 aromatic heterocycles. The number of nitrogens with zero attached hydrogens (tertiary/aromatic N) is 3. The maximum Gasteiger partial charge on any atom is 0.256 e. The van der Waals surface area contributed by atoms with Gasteiger partial charge in [0.25, 0.3) is 5.91 Å². The van der Waals surface area contributed by atoms with Crippen molar-refractivity contribution in [1.29, 1.82) is 0 Å². The maximum absolute atomic E-state index is 13.0. The van der Waals surface area contributed by atoms with Crippen molar-refractivity contribution in [3.05, 3.63) is 114 Å². The van der Waals surface area contributed by atoms with Crippen LogP contribution in [0.1, 0.15) is 15.9 Å². The van der Waals surface area contributed by atoms with Crippen LogP contribution >= 0.6 is 0 Å². The number of nitrogens with one attached hydrogen (secondary N) is 1. The van der Waals surface area contributed by atoms with Crippen molar-refractivity contribution in [2.45, 2.75) is 6.42 Å². The number of hydrogen-bond donors (Lipinski definition) is 1. The molecule has 0 bridgehead atoms. The van der Waals surface area contributed by atoms with E-state index in [1.54, 1.807) is 10.7 Å². The molecule has 0 aliphatic carbocycles. The summed E-state index contributed by atoms with van der Waals surface area (Å²) < 4.78 is 1.74. The van der Waals surface area contributed by atoms with Crippen molar-refractivity contribution >= 4 is 11.6 Å². The molecule has 0 spiro atoms. The monoisotopic (exact) mass is 418 g/mol. The van der Waals surface area contributed by atoms with Gasteiger partial charge in [-0.2, -0.15) is 5.10 Å². The van der Waals surface area contributed by atoms with Gasteiger partial charge in [-0.05, 0) is 18.1 Å². The van der Waals surface area contributed by atoms with Crippen molar-refractivity contribution in [2.24, 2.45) is 0 Å². The van der Waals surface area contributed by atoms with Gasteiger partial charge in [-0.15, -0.1) is 0 Å². The number of rotatable bonds is 6. The molecule has 0 saturated carbocycles. The second kappa shape index (κ2) is 8.86. The molecule has 0 aliphatic heterocycles. The Morgan fingerprint density at radius 1 is 0.812 bits per heavy atom. The number of fused-ring (bicyclic) bond motifs is 1. The van der Waals surface area contributed by atoms with Gasteiger partial charge in [-0.25, -0.2) is 9.50 Å². The van der Waals surface area contributed by atoms with Crippen LogP contribution in [-0.4, -0.2) is 27.0 Å². The Morgan fingerprint density at radius 3 is 2.12 bits per heavy atom. The average Bonchev–Trinajstić information content (AvgIpc) is 3.29. The molecule has 0 fully saturated rings. The van der Waals surface area contributed by atoms with Gasteiger partial charge in [0.2, 0.25) is 0 Å². The third-order valence-corrected chi connectivity index (χ3v) is 5.40. The molecular weight excluding hydrogens is 396 g/mol. The van der Waals surface area contributed by atoms with Crippen LogP contribution in [0.2, 0.25) is 0 Å². The van der Waals surface area contributed by atoms with E-state index in [0.717, 1.165) is 28.9 Å². The van der Waals surface area contributed by atoms with Crippen LogP contribution in [0.25, 0.3) is 28.2 Å². The lowest BCUT2D eigenvalue weighted by Crippen LogP contribution is -2.25. The van der Waals surface area contributed by atoms with E-state index < -0.39 is 0 Å². The van der Waals surface area contributed by atoms with Gasteiger partial charge in [0.1, 0.15) is 5.56 Å². The molecule has 5 nitrogen and oxygen atoms in total. The molecule has 1 amide bonds. The van der Waals surface area contributed by atoms with Gasteiger partial charge >= 0.3 is 0 Å². The molecule has 5 aromatic rings. The van der Waals surface area contributed by atoms with E-state index in [1.165, 1.54) is 5.56 Å². The van der Waals surface area contributed by atoms with Crippen molar-refractivity contribution in [2.75, 3.05) is 6.54 Å². The Kier molecular flexibility index (Phi) is 5.45. The topological polar surface area (TPSA) is 59.3 Å². The molecule has 2 heterocycles. The normalized spacial score (nSPS) is 10.9. The highest BCUT2D eigenvalue weighted by molar-refractivity contribution is 6.00. The number of carbonyl (C=O) groups is 1. The second-order valence-electron chi connectivity index (χ2n) is 7.54. The minimum atomic E-state index is -0.173. The van der Waals surface area contributed by atoms with E-state index >= 15 is 0 Å². The van der Waals surface area contributed by atoms with E-state index in [-0.39, 0.29) is 5.91 Å². The molecule has 5 heteroatoms. The van der Waals surface area contributed by atoms with Crippen molar-refractivity contribution in [1.82, 2.24) is 19.9 Å². The van der Waals surface area contributed by atoms with Crippen LogP contribution in [-0.2, 0) is 6.42 Å². The predicted octanol–water partition coefficient (Wildman–Crippen LogP) is 5.04. The molecule has 0 radical (unpaired) electrons. The van der Waals surface area contributed by atoms with Crippen LogP contribution in [0.3, 0.4) is 0 Å². The molecule has 5 rings (SSSR count). The summed E-state index contributed by atoms with van der Waals surface area (Å²) in [6.07, 6.45) is 2.37. The Balaban J connectivity index is 1.52. The molecule has 0 atom stereocenters. The summed E-state index contributed by atoms with van der Waals surface area (Å²) in [5.74, 6) is -0.173. The van der Waals surface area contributed by atoms with Crippen LogP contribution in [0.5, 0.6) is 0 Å². The Morgan fingerprint density at radius 2 is 1.44 bits per heavy atom. The summed E-state index contributed by atoms with van der Waals surface area (Å²) in [6.45, 7) is 0.546. The smallest absolute Gasteiger partial charge is 0.256 e. The fourth-order valence-electron chi connectivity index (χ4n) is 3.75. The van der Waals surface area contributed by atoms with Gasteiger partial charge in [-0.3, -0.25) is 4.79 Å². The Labute approximate surface area is 186 Å². The first-order valence-electron chi connectivity index (χ1n) is 10.6. The number of carbonyl (C=O) groups excluding carboxylic acids is 1. The predicted molar refractivity (Wildman–Crippen MR) is 126 cm³/mol. The van der Waals surface area contributed by atoms with Crippen LogP contribution in [0, 0.1) is 0 Å². The third kappa shape index (κ3) is 4.01. The zero-order valence-electron chi connectivity index (χ0n) is 17.5. The largest absolute Gasteiger partial charge is 0.352 e. The average molecular weight is 419 g/mol. The van der Waals surface area contributed by atoms with Crippen molar-refractivity contribution in [3.63, 3.8) is 0 Å². The third-order valence-electron chi connectivity index (χ3n) is 5.40. The summed E-state index contributed by atoms with van der Waals surface area (Å²) in [7, 11) is 0. The highest BCUT2D eigenvalue weighted by atomic mass is 16.1. The molecule has 156 valence electrons. The van der Waals surface area contributed by atoms with E-state index in [0.29, 0.717) is 17.8 Å². The summed E-state index contributed by atoms with van der Waals surface area (Å²) in [5, 5.41) is 7.52. The van der Waals surface area contributed by atoms with Gasteiger partial charge in [0.05, 0.1) is 17.6 Å². The molecule has 3 aromatic carbocycles. The Bertz CT molecular complexity index is 1350. The fourth-order valence-corrected chi connectivity index (χ4v) is 3.75. The van der Waals surface area contributed by atoms with E-state index in [4.69, 9.17) is 4.98 Å². The SMILES string of the molecule is O=C(NCCc1ccccc1)c1cnn2c(-c3ccccc3)cc(-c3ccccc3)nc12. The van der Waals surface area contributed by atoms with Crippen LogP contribution in [0.15, 0.2) is 103 Å². The van der Waals surface area contributed by atoms with E-state index in [9.17, 15) is 4.79 Å². The van der Waals surface area contributed by atoms with Gasteiger partial charge < -0.3 is 5.32 Å². The molecule has 0 saturated heterocycles. The quantitative estimate of drug-likeness (QED) is 0.420. The first kappa shape index (κ1) is 19.7. The highest BCUT2D eigenvalue weighted by Gasteiger charge is 2.18. The Hall–Kier alpha value is -4.25. The summed E-state index contributed by atoms with van der Waals surface area (Å²) in [4.78, 5) is 17.8. The fraction of sp³-hybridized carbons (Fsp3) is 0.0741. The van der Waals surface area contributed by atoms with Crippen LogP contribution < -0.4 is 5.32 Å². The summed E-state index contributed by atoms with van der Waals surface area (Å²) >= 11 is 0. The van der Waals surface area contributed by atoms with Crippen molar-refractivity contribution < 1.29 is 4.79 Å². The van der Waals surface area contributed by atoms with Gasteiger partial charge in [-0.1, -0.05) is 91.0 Å². The molecule has 0 unspecified atom stereocenters. The standard InChI is InChI=1S/C27H22N4O/c32-27(28-17-16-20-10-4-1-5-11-20)23-19-29-31-25(22-14-8-3-9-15-22)18-24(30-26(23)31)21-12-6-2-7-13-21/h1-15,18-19H,16-17H2,(H,28,32). The second-order valence-corrected chi connectivity index (χ2v) is 7.54. The minimum absolute atomic E-state index is 0.173. The van der Waals surface area contributed by atoms with Crippen LogP contribution in [0.4, 0.5) is 0 Å². The molecule has 32 heavy (non-hydrogen) atoms. The number of aromatic nitrogens is 3. The summed E-state index contributed by atoms with van der Waals surface area (Å²) in [6, 6.07) is 32.1. The number of amides is 1. The number of hydrogen-bond acceptors (Lipinski definition) is 3. The van der Waals surface area contributed by atoms with Gasteiger partial charge in [0.15, 0.2) is 5.65 Å². The van der Waals surface area contributed by atoms with E-state index in [1.807, 2.05) is 84.9 Å². The number of benzene rings is 3. The highest BCUT2D eigenvalue weighted by Crippen LogP contribution is 2.27. The lowest BCUT2D eigenvalue weighted by atomic mass is 10.1. The van der Waals surface area contributed by atoms with Crippen molar-refractivity contribution in [3.8, 4) is 22.5 Å². The first-order valence-corrected chi connectivity index (χ1v) is 10.6. The lowest BCUT2D eigenvalue weighted by molar-refractivity contribution is 0.0955. The molecular formula is C27H22N4O. The first-order chi connectivity index (χ1) is 15.8. The summed E-state index contributed by atoms with van der Waals surface area (Å²) in [5.41, 5.74) is 5.88. The zero-order chi connectivity index (χ0) is 21.8. The maximum atomic E-state index is 13.0. The molecule has 1 N–H and O–H groups in total. The lowest BCUT2D eigenvalue weighted by Gasteiger charge is -2.10. The minimum Gasteiger partial charge on any atom is -0.352 e.